The molecule has 0 heterocycles. The molecule has 0 aromatic heterocycles. The standard InChI is InChI=1S/C18H12F3NO2/c1-2-3-4-11-5-6-13(15(19)7-11)18(23)24-12-8-16(20)14(10-22)17(21)9-12/h2-3,5-9H,4H2,1H3/b3-2+. The fraction of sp³-hybridized carbons (Fsp3) is 0.111. The lowest BCUT2D eigenvalue weighted by Crippen LogP contribution is -2.11. The minimum atomic E-state index is -1.16. The van der Waals surface area contributed by atoms with Crippen molar-refractivity contribution in [2.24, 2.45) is 0 Å². The number of nitrogens with zero attached hydrogens (tertiary/aromatic N) is 1. The second kappa shape index (κ2) is 7.47. The molecule has 0 atom stereocenters. The molecule has 24 heavy (non-hydrogen) atoms. The maximum absolute atomic E-state index is 14.0. The van der Waals surface area contributed by atoms with Gasteiger partial charge in [-0.3, -0.25) is 0 Å². The zero-order valence-electron chi connectivity index (χ0n) is 12.6. The van der Waals surface area contributed by atoms with Crippen LogP contribution < -0.4 is 4.74 Å². The van der Waals surface area contributed by atoms with Crippen molar-refractivity contribution < 1.29 is 22.7 Å². The number of hydrogen-bond donors (Lipinski definition) is 0. The van der Waals surface area contributed by atoms with Crippen molar-refractivity contribution in [3.05, 3.63) is 76.6 Å². The minimum Gasteiger partial charge on any atom is -0.423 e. The predicted molar refractivity (Wildman–Crippen MR) is 80.9 cm³/mol. The molecule has 6 heteroatoms. The molecule has 0 saturated heterocycles. The normalized spacial score (nSPS) is 10.6. The molecule has 0 aliphatic heterocycles. The van der Waals surface area contributed by atoms with Crippen LogP contribution in [0.1, 0.15) is 28.4 Å². The summed E-state index contributed by atoms with van der Waals surface area (Å²) in [4.78, 5) is 12.0. The van der Waals surface area contributed by atoms with Crippen molar-refractivity contribution in [1.29, 1.82) is 5.26 Å². The zero-order valence-corrected chi connectivity index (χ0v) is 12.6. The Morgan fingerprint density at radius 2 is 1.83 bits per heavy atom. The fourth-order valence-corrected chi connectivity index (χ4v) is 1.98. The molecule has 0 fully saturated rings. The molecule has 122 valence electrons. The Hall–Kier alpha value is -3.07. The third-order valence-corrected chi connectivity index (χ3v) is 3.18. The minimum absolute atomic E-state index is 0.357. The largest absolute Gasteiger partial charge is 0.423 e. The number of esters is 1. The van der Waals surface area contributed by atoms with Crippen LogP contribution in [0.2, 0.25) is 0 Å². The van der Waals surface area contributed by atoms with Crippen molar-refractivity contribution in [3.8, 4) is 11.8 Å². The van der Waals surface area contributed by atoms with Gasteiger partial charge in [-0.25, -0.2) is 18.0 Å². The lowest BCUT2D eigenvalue weighted by molar-refractivity contribution is 0.0729. The van der Waals surface area contributed by atoms with Gasteiger partial charge in [0.05, 0.1) is 5.56 Å². The molecule has 0 amide bonds. The van der Waals surface area contributed by atoms with Gasteiger partial charge >= 0.3 is 5.97 Å². The first-order valence-corrected chi connectivity index (χ1v) is 6.97. The Kier molecular flexibility index (Phi) is 5.38. The molecule has 2 aromatic carbocycles. The molecule has 0 saturated carbocycles. The Balaban J connectivity index is 2.23. The van der Waals surface area contributed by atoms with Crippen molar-refractivity contribution >= 4 is 5.97 Å². The number of carbonyl (C=O) groups excluding carboxylic acids is 1. The lowest BCUT2D eigenvalue weighted by Gasteiger charge is -2.07. The van der Waals surface area contributed by atoms with Gasteiger partial charge in [-0.05, 0) is 31.0 Å². The van der Waals surface area contributed by atoms with Crippen LogP contribution in [0.15, 0.2) is 42.5 Å². The molecule has 3 nitrogen and oxygen atoms in total. The molecule has 0 unspecified atom stereocenters. The summed E-state index contributed by atoms with van der Waals surface area (Å²) < 4.78 is 45.7. The average molecular weight is 331 g/mol. The summed E-state index contributed by atoms with van der Waals surface area (Å²) in [5.41, 5.74) is -0.476. The van der Waals surface area contributed by atoms with E-state index in [0.29, 0.717) is 24.1 Å². The van der Waals surface area contributed by atoms with Crippen LogP contribution in [-0.2, 0) is 6.42 Å². The summed E-state index contributed by atoms with van der Waals surface area (Å²) in [6.45, 7) is 1.83. The first kappa shape index (κ1) is 17.3. The first-order valence-electron chi connectivity index (χ1n) is 6.97. The van der Waals surface area contributed by atoms with E-state index in [1.807, 2.05) is 19.1 Å². The highest BCUT2D eigenvalue weighted by molar-refractivity contribution is 5.91. The van der Waals surface area contributed by atoms with E-state index in [0.717, 1.165) is 0 Å². The summed E-state index contributed by atoms with van der Waals surface area (Å²) in [7, 11) is 0. The van der Waals surface area contributed by atoms with E-state index in [1.165, 1.54) is 18.2 Å². The van der Waals surface area contributed by atoms with Crippen LogP contribution in [-0.4, -0.2) is 5.97 Å². The van der Waals surface area contributed by atoms with E-state index in [9.17, 15) is 18.0 Å². The molecule has 2 rings (SSSR count). The van der Waals surface area contributed by atoms with E-state index in [4.69, 9.17) is 10.00 Å². The highest BCUT2D eigenvalue weighted by Crippen LogP contribution is 2.22. The maximum atomic E-state index is 14.0. The molecular weight excluding hydrogens is 319 g/mol. The van der Waals surface area contributed by atoms with Crippen LogP contribution in [0, 0.1) is 28.8 Å². The average Bonchev–Trinajstić information content (AvgIpc) is 2.52. The maximum Gasteiger partial charge on any atom is 0.346 e. The van der Waals surface area contributed by atoms with Gasteiger partial charge in [-0.2, -0.15) is 5.26 Å². The van der Waals surface area contributed by atoms with E-state index < -0.39 is 34.7 Å². The number of halogens is 3. The van der Waals surface area contributed by atoms with Gasteiger partial charge in [0.2, 0.25) is 0 Å². The van der Waals surface area contributed by atoms with Crippen LogP contribution in [0.25, 0.3) is 0 Å². The lowest BCUT2D eigenvalue weighted by atomic mass is 10.1. The second-order valence-corrected chi connectivity index (χ2v) is 4.85. The molecule has 0 bridgehead atoms. The number of benzene rings is 2. The van der Waals surface area contributed by atoms with Gasteiger partial charge in [0.1, 0.15) is 34.8 Å². The second-order valence-electron chi connectivity index (χ2n) is 4.85. The number of nitriles is 1. The van der Waals surface area contributed by atoms with Gasteiger partial charge in [0, 0.05) is 12.1 Å². The van der Waals surface area contributed by atoms with Crippen LogP contribution in [0.5, 0.6) is 5.75 Å². The molecular formula is C18H12F3NO2. The van der Waals surface area contributed by atoms with Crippen molar-refractivity contribution in [2.45, 2.75) is 13.3 Å². The van der Waals surface area contributed by atoms with E-state index in [2.05, 4.69) is 0 Å². The van der Waals surface area contributed by atoms with Crippen LogP contribution >= 0.6 is 0 Å². The predicted octanol–water partition coefficient (Wildman–Crippen LogP) is 4.31. The first-order chi connectivity index (χ1) is 11.5. The molecule has 2 aromatic rings. The van der Waals surface area contributed by atoms with E-state index in [-0.39, 0.29) is 5.56 Å². The SMILES string of the molecule is C/C=C/Cc1ccc(C(=O)Oc2cc(F)c(C#N)c(F)c2)c(F)c1. The fourth-order valence-electron chi connectivity index (χ4n) is 1.98. The van der Waals surface area contributed by atoms with Gasteiger partial charge in [-0.15, -0.1) is 0 Å². The summed E-state index contributed by atoms with van der Waals surface area (Å²) in [5.74, 6) is -4.67. The Labute approximate surface area is 136 Å². The van der Waals surface area contributed by atoms with Crippen molar-refractivity contribution in [1.82, 2.24) is 0 Å². The van der Waals surface area contributed by atoms with Crippen molar-refractivity contribution in [3.63, 3.8) is 0 Å². The Bertz CT molecular complexity index is 831. The molecule has 0 N–H and O–H groups in total. The smallest absolute Gasteiger partial charge is 0.346 e. The Morgan fingerprint density at radius 1 is 1.17 bits per heavy atom. The highest BCUT2D eigenvalue weighted by atomic mass is 19.1. The number of rotatable bonds is 4. The summed E-state index contributed by atoms with van der Waals surface area (Å²) in [6.07, 6.45) is 4.15. The quantitative estimate of drug-likeness (QED) is 0.476. The van der Waals surface area contributed by atoms with Gasteiger partial charge in [0.25, 0.3) is 0 Å². The number of ether oxygens (including phenoxy) is 1. The summed E-state index contributed by atoms with van der Waals surface area (Å²) in [5, 5.41) is 8.58. The molecule has 0 aliphatic carbocycles. The topological polar surface area (TPSA) is 50.1 Å². The number of hydrogen-bond acceptors (Lipinski definition) is 3. The monoisotopic (exact) mass is 331 g/mol. The van der Waals surface area contributed by atoms with Crippen molar-refractivity contribution in [2.75, 3.05) is 0 Å². The van der Waals surface area contributed by atoms with E-state index in [1.54, 1.807) is 6.07 Å². The Morgan fingerprint density at radius 3 is 2.38 bits per heavy atom. The summed E-state index contributed by atoms with van der Waals surface area (Å²) >= 11 is 0. The van der Waals surface area contributed by atoms with Gasteiger partial charge in [0.15, 0.2) is 0 Å². The van der Waals surface area contributed by atoms with Gasteiger partial charge in [-0.1, -0.05) is 18.2 Å². The third-order valence-electron chi connectivity index (χ3n) is 3.18. The van der Waals surface area contributed by atoms with Crippen LogP contribution in [0.4, 0.5) is 13.2 Å². The molecule has 0 spiro atoms. The third kappa shape index (κ3) is 3.82. The number of allylic oxidation sites excluding steroid dienone is 2. The van der Waals surface area contributed by atoms with Crippen LogP contribution in [0.3, 0.4) is 0 Å². The van der Waals surface area contributed by atoms with E-state index >= 15 is 0 Å². The zero-order chi connectivity index (χ0) is 17.7. The van der Waals surface area contributed by atoms with Gasteiger partial charge < -0.3 is 4.74 Å². The molecule has 0 radical (unpaired) electrons. The number of carbonyl (C=O) groups is 1. The highest BCUT2D eigenvalue weighted by Gasteiger charge is 2.17. The summed E-state index contributed by atoms with van der Waals surface area (Å²) in [6, 6.07) is 6.73. The molecule has 0 aliphatic rings.